The Bertz CT molecular complexity index is 880. The molecule has 0 saturated heterocycles. The zero-order valence-electron chi connectivity index (χ0n) is 14.9. The fraction of sp³-hybridized carbons (Fsp3) is 0.400. The van der Waals surface area contributed by atoms with Crippen LogP contribution in [-0.2, 0) is 0 Å². The molecule has 0 saturated carbocycles. The summed E-state index contributed by atoms with van der Waals surface area (Å²) in [4.78, 5) is 20.9. The molecule has 0 unspecified atom stereocenters. The number of aromatic amines is 1. The van der Waals surface area contributed by atoms with Crippen molar-refractivity contribution in [3.63, 3.8) is 0 Å². The maximum absolute atomic E-state index is 12.3. The highest BCUT2D eigenvalue weighted by atomic mass is 32.1. The predicted octanol–water partition coefficient (Wildman–Crippen LogP) is 5.34. The van der Waals surface area contributed by atoms with Gasteiger partial charge in [-0.25, -0.2) is 4.98 Å². The molecule has 0 bridgehead atoms. The minimum absolute atomic E-state index is 0.0677. The topological polar surface area (TPSA) is 57.8 Å². The summed E-state index contributed by atoms with van der Waals surface area (Å²) in [5.41, 5.74) is 3.05. The van der Waals surface area contributed by atoms with Crippen LogP contribution in [0.4, 0.5) is 5.95 Å². The first-order valence-electron chi connectivity index (χ1n) is 9.02. The predicted molar refractivity (Wildman–Crippen MR) is 108 cm³/mol. The van der Waals surface area contributed by atoms with E-state index in [0.717, 1.165) is 28.9 Å². The molecule has 0 spiro atoms. The molecule has 0 aliphatic carbocycles. The Morgan fingerprint density at radius 2 is 1.88 bits per heavy atom. The van der Waals surface area contributed by atoms with E-state index in [2.05, 4.69) is 53.4 Å². The summed E-state index contributed by atoms with van der Waals surface area (Å²) in [5, 5.41) is 3.25. The zero-order chi connectivity index (χ0) is 17.6. The second-order valence-corrected chi connectivity index (χ2v) is 7.50. The SMILES string of the molecule is CCCCCCCNc1nc2cc(-c3ccc(C)cc3)sc2c(=O)[nH]1. The minimum atomic E-state index is -0.0677. The van der Waals surface area contributed by atoms with Gasteiger partial charge in [0, 0.05) is 11.4 Å². The smallest absolute Gasteiger partial charge is 0.270 e. The van der Waals surface area contributed by atoms with Crippen molar-refractivity contribution in [3.05, 3.63) is 46.2 Å². The lowest BCUT2D eigenvalue weighted by Gasteiger charge is -2.04. The molecule has 2 aromatic heterocycles. The lowest BCUT2D eigenvalue weighted by Crippen LogP contribution is -2.12. The highest BCUT2D eigenvalue weighted by Gasteiger charge is 2.10. The van der Waals surface area contributed by atoms with Crippen LogP contribution in [0.15, 0.2) is 35.1 Å². The highest BCUT2D eigenvalue weighted by molar-refractivity contribution is 7.22. The van der Waals surface area contributed by atoms with E-state index < -0.39 is 0 Å². The number of rotatable bonds is 8. The Morgan fingerprint density at radius 1 is 1.12 bits per heavy atom. The number of fused-ring (bicyclic) bond motifs is 1. The van der Waals surface area contributed by atoms with Crippen LogP contribution in [0, 0.1) is 6.92 Å². The van der Waals surface area contributed by atoms with Gasteiger partial charge in [0.05, 0.1) is 5.52 Å². The first-order chi connectivity index (χ1) is 12.2. The van der Waals surface area contributed by atoms with Gasteiger partial charge < -0.3 is 5.32 Å². The van der Waals surface area contributed by atoms with Crippen molar-refractivity contribution in [1.29, 1.82) is 0 Å². The first kappa shape index (κ1) is 17.7. The molecule has 3 aromatic rings. The van der Waals surface area contributed by atoms with Crippen molar-refractivity contribution in [2.75, 3.05) is 11.9 Å². The molecule has 0 aliphatic rings. The van der Waals surface area contributed by atoms with Crippen molar-refractivity contribution >= 4 is 27.5 Å². The molecule has 132 valence electrons. The molecule has 2 heterocycles. The summed E-state index contributed by atoms with van der Waals surface area (Å²) in [6.45, 7) is 5.13. The van der Waals surface area contributed by atoms with Gasteiger partial charge in [0.1, 0.15) is 4.70 Å². The molecule has 1 aromatic carbocycles. The number of hydrogen-bond acceptors (Lipinski definition) is 4. The van der Waals surface area contributed by atoms with E-state index in [9.17, 15) is 4.79 Å². The van der Waals surface area contributed by atoms with Crippen molar-refractivity contribution < 1.29 is 0 Å². The monoisotopic (exact) mass is 355 g/mol. The average Bonchev–Trinajstić information content (AvgIpc) is 3.03. The highest BCUT2D eigenvalue weighted by Crippen LogP contribution is 2.31. The van der Waals surface area contributed by atoms with E-state index in [1.165, 1.54) is 42.6 Å². The van der Waals surface area contributed by atoms with Crippen LogP contribution in [0.5, 0.6) is 0 Å². The maximum Gasteiger partial charge on any atom is 0.270 e. The molecule has 0 atom stereocenters. The Morgan fingerprint density at radius 3 is 2.64 bits per heavy atom. The summed E-state index contributed by atoms with van der Waals surface area (Å²) in [6, 6.07) is 10.4. The summed E-state index contributed by atoms with van der Waals surface area (Å²) < 4.78 is 0.684. The third-order valence-electron chi connectivity index (χ3n) is 4.29. The van der Waals surface area contributed by atoms with E-state index in [1.807, 2.05) is 6.07 Å². The number of hydrogen-bond donors (Lipinski definition) is 2. The maximum atomic E-state index is 12.3. The fourth-order valence-electron chi connectivity index (χ4n) is 2.82. The van der Waals surface area contributed by atoms with Crippen molar-refractivity contribution in [2.45, 2.75) is 46.0 Å². The van der Waals surface area contributed by atoms with Gasteiger partial charge in [0.15, 0.2) is 0 Å². The summed E-state index contributed by atoms with van der Waals surface area (Å²) in [5.74, 6) is 0.571. The average molecular weight is 356 g/mol. The van der Waals surface area contributed by atoms with Gasteiger partial charge in [0.2, 0.25) is 5.95 Å². The lowest BCUT2D eigenvalue weighted by molar-refractivity contribution is 0.644. The molecule has 0 amide bonds. The number of anilines is 1. The van der Waals surface area contributed by atoms with Gasteiger partial charge in [0.25, 0.3) is 5.56 Å². The Kier molecular flexibility index (Phi) is 5.87. The van der Waals surface area contributed by atoms with E-state index in [-0.39, 0.29) is 5.56 Å². The summed E-state index contributed by atoms with van der Waals surface area (Å²) in [6.07, 6.45) is 6.12. The number of H-pyrrole nitrogens is 1. The lowest BCUT2D eigenvalue weighted by atomic mass is 10.1. The van der Waals surface area contributed by atoms with E-state index >= 15 is 0 Å². The first-order valence-corrected chi connectivity index (χ1v) is 9.84. The van der Waals surface area contributed by atoms with Crippen molar-refractivity contribution in [3.8, 4) is 10.4 Å². The summed E-state index contributed by atoms with van der Waals surface area (Å²) in [7, 11) is 0. The normalized spacial score (nSPS) is 11.1. The van der Waals surface area contributed by atoms with E-state index in [1.54, 1.807) is 0 Å². The molecule has 2 N–H and O–H groups in total. The van der Waals surface area contributed by atoms with Gasteiger partial charge >= 0.3 is 0 Å². The molecule has 0 fully saturated rings. The Hall–Kier alpha value is -2.14. The number of thiophene rings is 1. The standard InChI is InChI=1S/C20H25N3OS/c1-3-4-5-6-7-12-21-20-22-16-13-17(25-18(16)19(24)23-20)15-10-8-14(2)9-11-15/h8-11,13H,3-7,12H2,1-2H3,(H2,21,22,23,24). The van der Waals surface area contributed by atoms with Crippen LogP contribution in [0.2, 0.25) is 0 Å². The van der Waals surface area contributed by atoms with Crippen LogP contribution < -0.4 is 10.9 Å². The van der Waals surface area contributed by atoms with E-state index in [4.69, 9.17) is 0 Å². The van der Waals surface area contributed by atoms with Gasteiger partial charge in [-0.15, -0.1) is 11.3 Å². The van der Waals surface area contributed by atoms with Gasteiger partial charge in [-0.1, -0.05) is 62.4 Å². The minimum Gasteiger partial charge on any atom is -0.356 e. The van der Waals surface area contributed by atoms with Crippen LogP contribution in [0.3, 0.4) is 0 Å². The van der Waals surface area contributed by atoms with Gasteiger partial charge in [-0.05, 0) is 25.0 Å². The number of benzene rings is 1. The molecule has 4 nitrogen and oxygen atoms in total. The second kappa shape index (κ2) is 8.30. The van der Waals surface area contributed by atoms with Crippen LogP contribution in [0.25, 0.3) is 20.7 Å². The van der Waals surface area contributed by atoms with Crippen LogP contribution >= 0.6 is 11.3 Å². The van der Waals surface area contributed by atoms with E-state index in [0.29, 0.717) is 10.6 Å². The molecule has 5 heteroatoms. The van der Waals surface area contributed by atoms with Crippen molar-refractivity contribution in [1.82, 2.24) is 9.97 Å². The molecule has 0 radical (unpaired) electrons. The fourth-order valence-corrected chi connectivity index (χ4v) is 3.82. The molecule has 25 heavy (non-hydrogen) atoms. The number of nitrogens with one attached hydrogen (secondary N) is 2. The van der Waals surface area contributed by atoms with Crippen molar-refractivity contribution in [2.24, 2.45) is 0 Å². The third-order valence-corrected chi connectivity index (χ3v) is 5.46. The number of aryl methyl sites for hydroxylation is 1. The molecular formula is C20H25N3OS. The number of nitrogens with zero attached hydrogens (tertiary/aromatic N) is 1. The summed E-state index contributed by atoms with van der Waals surface area (Å²) >= 11 is 1.49. The quantitative estimate of drug-likeness (QED) is 0.536. The number of aromatic nitrogens is 2. The third kappa shape index (κ3) is 4.48. The molecular weight excluding hydrogens is 330 g/mol. The molecule has 0 aliphatic heterocycles. The van der Waals surface area contributed by atoms with Gasteiger partial charge in [-0.2, -0.15) is 0 Å². The molecule has 3 rings (SSSR count). The van der Waals surface area contributed by atoms with Gasteiger partial charge in [-0.3, -0.25) is 9.78 Å². The zero-order valence-corrected chi connectivity index (χ0v) is 15.7. The largest absolute Gasteiger partial charge is 0.356 e. The second-order valence-electron chi connectivity index (χ2n) is 6.45. The Balaban J connectivity index is 1.73. The number of unbranched alkanes of at least 4 members (excludes halogenated alkanes) is 4. The van der Waals surface area contributed by atoms with Crippen LogP contribution in [0.1, 0.15) is 44.6 Å². The Labute approximate surface area is 152 Å². The van der Waals surface area contributed by atoms with Crippen LogP contribution in [-0.4, -0.2) is 16.5 Å².